The van der Waals surface area contributed by atoms with E-state index in [0.717, 1.165) is 9.35 Å². The zero-order chi connectivity index (χ0) is 14.7. The summed E-state index contributed by atoms with van der Waals surface area (Å²) in [6, 6.07) is 4.75. The minimum atomic E-state index is -1.11. The summed E-state index contributed by atoms with van der Waals surface area (Å²) < 4.78 is 0.992. The highest BCUT2D eigenvalue weighted by Gasteiger charge is 2.14. The molecule has 5 nitrogen and oxygen atoms in total. The van der Waals surface area contributed by atoms with Crippen LogP contribution in [0.25, 0.3) is 0 Å². The Hall–Kier alpha value is -1.73. The summed E-state index contributed by atoms with van der Waals surface area (Å²) in [4.78, 5) is 29.2. The van der Waals surface area contributed by atoms with Crippen LogP contribution in [0.5, 0.6) is 0 Å². The minimum Gasteiger partial charge on any atom is -0.477 e. The number of carboxylic acids is 1. The fraction of sp³-hybridized carbons (Fsp3) is 0.154. The molecule has 0 atom stereocenters. The molecule has 104 valence electrons. The van der Waals surface area contributed by atoms with E-state index in [1.54, 1.807) is 23.3 Å². The Labute approximate surface area is 128 Å². The minimum absolute atomic E-state index is 0.0774. The van der Waals surface area contributed by atoms with Gasteiger partial charge in [0.05, 0.1) is 12.1 Å². The molecule has 0 aromatic carbocycles. The molecule has 0 aliphatic rings. The van der Waals surface area contributed by atoms with Crippen molar-refractivity contribution in [3.63, 3.8) is 0 Å². The third-order valence-corrected chi connectivity index (χ3v) is 4.27. The van der Waals surface area contributed by atoms with E-state index < -0.39 is 5.97 Å². The molecule has 7 heteroatoms. The molecule has 0 saturated heterocycles. The molecule has 0 bridgehead atoms. The predicted octanol–water partition coefficient (Wildman–Crippen LogP) is 2.88. The van der Waals surface area contributed by atoms with Crippen LogP contribution < -0.4 is 0 Å². The number of aromatic nitrogens is 1. The van der Waals surface area contributed by atoms with Gasteiger partial charge in [-0.05, 0) is 34.1 Å². The van der Waals surface area contributed by atoms with Crippen LogP contribution in [-0.2, 0) is 6.54 Å². The van der Waals surface area contributed by atoms with Gasteiger partial charge >= 0.3 is 5.97 Å². The number of hydrogen-bond acceptors (Lipinski definition) is 4. The second kappa shape index (κ2) is 6.15. The van der Waals surface area contributed by atoms with Gasteiger partial charge in [-0.1, -0.05) is 0 Å². The first-order valence-corrected chi connectivity index (χ1v) is 7.32. The molecule has 2 aromatic heterocycles. The monoisotopic (exact) mass is 354 g/mol. The van der Waals surface area contributed by atoms with E-state index in [1.807, 2.05) is 11.4 Å². The number of aromatic carboxylic acids is 1. The maximum Gasteiger partial charge on any atom is 0.354 e. The Balaban J connectivity index is 2.08. The van der Waals surface area contributed by atoms with Crippen LogP contribution in [0.4, 0.5) is 0 Å². The average molecular weight is 355 g/mol. The maximum atomic E-state index is 12.2. The second-order valence-electron chi connectivity index (χ2n) is 4.13. The normalized spacial score (nSPS) is 10.3. The number of pyridine rings is 1. The first-order valence-electron chi connectivity index (χ1n) is 5.65. The van der Waals surface area contributed by atoms with E-state index in [-0.39, 0.29) is 11.6 Å². The lowest BCUT2D eigenvalue weighted by Crippen LogP contribution is -2.26. The zero-order valence-corrected chi connectivity index (χ0v) is 12.9. The van der Waals surface area contributed by atoms with Crippen molar-refractivity contribution in [2.75, 3.05) is 7.05 Å². The summed E-state index contributed by atoms with van der Waals surface area (Å²) in [6.07, 6.45) is 1.28. The summed E-state index contributed by atoms with van der Waals surface area (Å²) >= 11 is 4.93. The van der Waals surface area contributed by atoms with Crippen LogP contribution in [-0.4, -0.2) is 33.9 Å². The Morgan fingerprint density at radius 3 is 2.70 bits per heavy atom. The number of carbonyl (C=O) groups is 2. The predicted molar refractivity (Wildman–Crippen MR) is 79.0 cm³/mol. The van der Waals surface area contributed by atoms with Gasteiger partial charge in [-0.3, -0.25) is 4.79 Å². The van der Waals surface area contributed by atoms with Crippen LogP contribution in [0.15, 0.2) is 34.2 Å². The lowest BCUT2D eigenvalue weighted by atomic mass is 10.2. The zero-order valence-electron chi connectivity index (χ0n) is 10.5. The lowest BCUT2D eigenvalue weighted by Gasteiger charge is -2.16. The number of amides is 1. The van der Waals surface area contributed by atoms with Crippen LogP contribution in [0, 0.1) is 0 Å². The van der Waals surface area contributed by atoms with Gasteiger partial charge in [0.1, 0.15) is 5.69 Å². The number of rotatable bonds is 4. The number of halogens is 1. The molecule has 1 amide bonds. The summed E-state index contributed by atoms with van der Waals surface area (Å²) in [5.74, 6) is -1.31. The van der Waals surface area contributed by atoms with Gasteiger partial charge in [0.25, 0.3) is 5.91 Å². The standard InChI is InChI=1S/C13H11BrN2O3S/c1-16(6-10-4-9(14)7-20-10)12(17)8-2-3-11(13(18)19)15-5-8/h2-5,7H,6H2,1H3,(H,18,19). The fourth-order valence-electron chi connectivity index (χ4n) is 1.61. The summed E-state index contributed by atoms with van der Waals surface area (Å²) in [6.45, 7) is 0.496. The van der Waals surface area contributed by atoms with Crippen molar-refractivity contribution in [3.05, 3.63) is 50.4 Å². The van der Waals surface area contributed by atoms with Crippen molar-refractivity contribution < 1.29 is 14.7 Å². The van der Waals surface area contributed by atoms with Crippen molar-refractivity contribution in [3.8, 4) is 0 Å². The number of nitrogens with zero attached hydrogens (tertiary/aromatic N) is 2. The number of hydrogen-bond donors (Lipinski definition) is 1. The van der Waals surface area contributed by atoms with Gasteiger partial charge < -0.3 is 10.0 Å². The first-order chi connectivity index (χ1) is 9.47. The quantitative estimate of drug-likeness (QED) is 0.916. The summed E-state index contributed by atoms with van der Waals surface area (Å²) in [5, 5.41) is 10.7. The Kier molecular flexibility index (Phi) is 4.51. The molecule has 0 spiro atoms. The van der Waals surface area contributed by atoms with E-state index in [4.69, 9.17) is 5.11 Å². The molecule has 1 N–H and O–H groups in total. The summed E-state index contributed by atoms with van der Waals surface area (Å²) in [5.41, 5.74) is 0.291. The summed E-state index contributed by atoms with van der Waals surface area (Å²) in [7, 11) is 1.70. The molecule has 0 unspecified atom stereocenters. The van der Waals surface area contributed by atoms with E-state index in [2.05, 4.69) is 20.9 Å². The van der Waals surface area contributed by atoms with Gasteiger partial charge in [0.15, 0.2) is 0 Å². The largest absolute Gasteiger partial charge is 0.477 e. The average Bonchev–Trinajstić information content (AvgIpc) is 2.83. The molecule has 0 saturated carbocycles. The van der Waals surface area contributed by atoms with Crippen LogP contribution >= 0.6 is 27.3 Å². The molecule has 2 heterocycles. The highest BCUT2D eigenvalue weighted by atomic mass is 79.9. The highest BCUT2D eigenvalue weighted by Crippen LogP contribution is 2.21. The molecule has 0 aliphatic carbocycles. The Morgan fingerprint density at radius 2 is 2.20 bits per heavy atom. The van der Waals surface area contributed by atoms with Gasteiger partial charge in [0.2, 0.25) is 0 Å². The molecular formula is C13H11BrN2O3S. The number of carboxylic acid groups (broad SMARTS) is 1. The molecule has 0 aliphatic heterocycles. The van der Waals surface area contributed by atoms with Gasteiger partial charge in [0, 0.05) is 28.0 Å². The lowest BCUT2D eigenvalue weighted by molar-refractivity contribution is 0.0688. The third kappa shape index (κ3) is 3.43. The van der Waals surface area contributed by atoms with Gasteiger partial charge in [-0.25, -0.2) is 9.78 Å². The fourth-order valence-corrected chi connectivity index (χ4v) is 3.11. The van der Waals surface area contributed by atoms with Crippen molar-refractivity contribution in [2.45, 2.75) is 6.54 Å². The van der Waals surface area contributed by atoms with Crippen molar-refractivity contribution in [1.82, 2.24) is 9.88 Å². The van der Waals surface area contributed by atoms with E-state index in [1.165, 1.54) is 18.3 Å². The molecule has 20 heavy (non-hydrogen) atoms. The van der Waals surface area contributed by atoms with Crippen molar-refractivity contribution in [2.24, 2.45) is 0 Å². The number of thiophene rings is 1. The Bertz CT molecular complexity index is 639. The van der Waals surface area contributed by atoms with E-state index in [9.17, 15) is 9.59 Å². The van der Waals surface area contributed by atoms with Gasteiger partial charge in [-0.15, -0.1) is 11.3 Å². The number of carbonyl (C=O) groups excluding carboxylic acids is 1. The third-order valence-electron chi connectivity index (χ3n) is 2.59. The van der Waals surface area contributed by atoms with Crippen LogP contribution in [0.3, 0.4) is 0 Å². The molecular weight excluding hydrogens is 344 g/mol. The SMILES string of the molecule is CN(Cc1cc(Br)cs1)C(=O)c1ccc(C(=O)O)nc1. The molecule has 2 rings (SSSR count). The van der Waals surface area contributed by atoms with Crippen LogP contribution in [0.2, 0.25) is 0 Å². The smallest absolute Gasteiger partial charge is 0.354 e. The van der Waals surface area contributed by atoms with Crippen molar-refractivity contribution >= 4 is 39.1 Å². The maximum absolute atomic E-state index is 12.2. The van der Waals surface area contributed by atoms with Crippen molar-refractivity contribution in [1.29, 1.82) is 0 Å². The topological polar surface area (TPSA) is 70.5 Å². The highest BCUT2D eigenvalue weighted by molar-refractivity contribution is 9.10. The van der Waals surface area contributed by atoms with Crippen LogP contribution in [0.1, 0.15) is 25.7 Å². The van der Waals surface area contributed by atoms with E-state index in [0.29, 0.717) is 12.1 Å². The second-order valence-corrected chi connectivity index (χ2v) is 6.04. The Morgan fingerprint density at radius 1 is 1.45 bits per heavy atom. The first kappa shape index (κ1) is 14.7. The molecule has 0 radical (unpaired) electrons. The van der Waals surface area contributed by atoms with Gasteiger partial charge in [-0.2, -0.15) is 0 Å². The van der Waals surface area contributed by atoms with E-state index >= 15 is 0 Å². The molecule has 0 fully saturated rings. The molecule has 2 aromatic rings.